The van der Waals surface area contributed by atoms with Gasteiger partial charge in [-0.15, -0.1) is 0 Å². The van der Waals surface area contributed by atoms with E-state index in [1.165, 1.54) is 35.4 Å². The van der Waals surface area contributed by atoms with Crippen LogP contribution in [0.2, 0.25) is 0 Å². The first-order chi connectivity index (χ1) is 15.4. The van der Waals surface area contributed by atoms with E-state index in [1.807, 2.05) is 16.8 Å². The highest BCUT2D eigenvalue weighted by molar-refractivity contribution is 5.77. The van der Waals surface area contributed by atoms with Crippen LogP contribution in [-0.4, -0.2) is 61.5 Å². The first-order valence-corrected chi connectivity index (χ1v) is 11.7. The normalized spacial score (nSPS) is 21.4. The number of hydrogen-bond acceptors (Lipinski definition) is 4. The molecular formula is C26H35FN4O. The van der Waals surface area contributed by atoms with E-state index in [2.05, 4.69) is 42.4 Å². The Hall–Kier alpha value is -2.60. The fourth-order valence-corrected chi connectivity index (χ4v) is 5.10. The minimum atomic E-state index is -0.247. The molecule has 0 spiro atoms. The topological polar surface area (TPSA) is 38.8 Å². The lowest BCUT2D eigenvalue weighted by atomic mass is 10.0. The average Bonchev–Trinajstić information content (AvgIpc) is 3.11. The Morgan fingerprint density at radius 2 is 1.88 bits per heavy atom. The minimum absolute atomic E-state index is 0.169. The van der Waals surface area contributed by atoms with Crippen molar-refractivity contribution in [1.82, 2.24) is 9.80 Å². The molecule has 2 heterocycles. The number of nitrogens with one attached hydrogen (secondary N) is 1. The van der Waals surface area contributed by atoms with Gasteiger partial charge in [0.1, 0.15) is 5.82 Å². The van der Waals surface area contributed by atoms with E-state index in [-0.39, 0.29) is 11.7 Å². The number of benzene rings is 2. The summed E-state index contributed by atoms with van der Waals surface area (Å²) < 4.78 is 13.2. The zero-order chi connectivity index (χ0) is 22.7. The maximum atomic E-state index is 13.4. The van der Waals surface area contributed by atoms with Crippen LogP contribution >= 0.6 is 0 Å². The number of rotatable bonds is 4. The van der Waals surface area contributed by atoms with Crippen molar-refractivity contribution in [3.05, 3.63) is 59.4 Å². The summed E-state index contributed by atoms with van der Waals surface area (Å²) in [6.07, 6.45) is 3.89. The SMILES string of the molecule is Cc1cccc2c1NCCC1CCC(CN(C(=O)CCN(C)c3ccc(F)cc3)C2)N1C. The van der Waals surface area contributed by atoms with Crippen molar-refractivity contribution in [2.45, 2.75) is 51.2 Å². The van der Waals surface area contributed by atoms with E-state index < -0.39 is 0 Å². The second-order valence-electron chi connectivity index (χ2n) is 9.30. The molecule has 2 bridgehead atoms. The van der Waals surface area contributed by atoms with Crippen molar-refractivity contribution in [2.24, 2.45) is 0 Å². The molecule has 172 valence electrons. The highest BCUT2D eigenvalue weighted by Crippen LogP contribution is 2.29. The summed E-state index contributed by atoms with van der Waals surface area (Å²) in [5, 5.41) is 3.66. The Balaban J connectivity index is 1.51. The molecule has 2 atom stereocenters. The maximum Gasteiger partial charge on any atom is 0.224 e. The van der Waals surface area contributed by atoms with Crippen LogP contribution in [0.4, 0.5) is 15.8 Å². The van der Waals surface area contributed by atoms with Crippen LogP contribution in [-0.2, 0) is 11.3 Å². The summed E-state index contributed by atoms with van der Waals surface area (Å²) in [6, 6.07) is 13.8. The zero-order valence-electron chi connectivity index (χ0n) is 19.5. The van der Waals surface area contributed by atoms with Crippen LogP contribution in [0.15, 0.2) is 42.5 Å². The molecule has 32 heavy (non-hydrogen) atoms. The zero-order valence-corrected chi connectivity index (χ0v) is 19.5. The van der Waals surface area contributed by atoms with Gasteiger partial charge in [-0.05, 0) is 68.6 Å². The summed E-state index contributed by atoms with van der Waals surface area (Å²) in [4.78, 5) is 20.0. The van der Waals surface area contributed by atoms with Crippen molar-refractivity contribution < 1.29 is 9.18 Å². The third-order valence-corrected chi connectivity index (χ3v) is 7.20. The van der Waals surface area contributed by atoms with Gasteiger partial charge in [-0.2, -0.15) is 0 Å². The highest BCUT2D eigenvalue weighted by atomic mass is 19.1. The highest BCUT2D eigenvalue weighted by Gasteiger charge is 2.33. The van der Waals surface area contributed by atoms with Crippen molar-refractivity contribution in [2.75, 3.05) is 43.9 Å². The summed E-state index contributed by atoms with van der Waals surface area (Å²) in [7, 11) is 4.16. The molecule has 1 saturated heterocycles. The number of amides is 1. The van der Waals surface area contributed by atoms with E-state index in [1.54, 1.807) is 12.1 Å². The van der Waals surface area contributed by atoms with Gasteiger partial charge in [0.05, 0.1) is 0 Å². The monoisotopic (exact) mass is 438 g/mol. The van der Waals surface area contributed by atoms with Crippen LogP contribution in [0.1, 0.15) is 36.8 Å². The molecule has 5 nitrogen and oxygen atoms in total. The van der Waals surface area contributed by atoms with Crippen molar-refractivity contribution in [3.8, 4) is 0 Å². The molecule has 2 aliphatic heterocycles. The molecule has 2 aromatic rings. The van der Waals surface area contributed by atoms with Gasteiger partial charge < -0.3 is 15.1 Å². The van der Waals surface area contributed by atoms with Crippen LogP contribution in [0, 0.1) is 12.7 Å². The second kappa shape index (κ2) is 9.90. The summed E-state index contributed by atoms with van der Waals surface area (Å²) in [5.41, 5.74) is 4.50. The number of anilines is 2. The molecule has 4 rings (SSSR count). The number of fused-ring (bicyclic) bond motifs is 3. The van der Waals surface area contributed by atoms with Gasteiger partial charge >= 0.3 is 0 Å². The van der Waals surface area contributed by atoms with Crippen molar-refractivity contribution >= 4 is 17.3 Å². The molecular weight excluding hydrogens is 403 g/mol. The van der Waals surface area contributed by atoms with Gasteiger partial charge in [-0.25, -0.2) is 4.39 Å². The van der Waals surface area contributed by atoms with Gasteiger partial charge in [0.15, 0.2) is 0 Å². The van der Waals surface area contributed by atoms with E-state index in [9.17, 15) is 9.18 Å². The summed E-state index contributed by atoms with van der Waals surface area (Å²) in [6.45, 7) is 5.07. The molecule has 0 radical (unpaired) electrons. The van der Waals surface area contributed by atoms with E-state index >= 15 is 0 Å². The lowest BCUT2D eigenvalue weighted by Gasteiger charge is -2.31. The molecule has 1 N–H and O–H groups in total. The molecule has 2 unspecified atom stereocenters. The molecule has 1 amide bonds. The predicted octanol–water partition coefficient (Wildman–Crippen LogP) is 4.27. The van der Waals surface area contributed by atoms with Gasteiger partial charge in [-0.3, -0.25) is 9.69 Å². The Morgan fingerprint density at radius 3 is 2.66 bits per heavy atom. The third kappa shape index (κ3) is 5.07. The average molecular weight is 439 g/mol. The molecule has 6 heteroatoms. The Morgan fingerprint density at radius 1 is 1.12 bits per heavy atom. The number of aryl methyl sites for hydroxylation is 1. The number of halogens is 1. The smallest absolute Gasteiger partial charge is 0.224 e. The number of nitrogens with zero attached hydrogens (tertiary/aromatic N) is 3. The molecule has 1 fully saturated rings. The van der Waals surface area contributed by atoms with Crippen molar-refractivity contribution in [1.29, 1.82) is 0 Å². The Kier molecular flexibility index (Phi) is 6.99. The lowest BCUT2D eigenvalue weighted by Crippen LogP contribution is -2.44. The molecule has 0 aliphatic carbocycles. The lowest BCUT2D eigenvalue weighted by molar-refractivity contribution is -0.132. The van der Waals surface area contributed by atoms with E-state index in [0.717, 1.165) is 31.6 Å². The van der Waals surface area contributed by atoms with Gasteiger partial charge in [0.2, 0.25) is 5.91 Å². The van der Waals surface area contributed by atoms with Gasteiger partial charge in [-0.1, -0.05) is 18.2 Å². The first-order valence-electron chi connectivity index (χ1n) is 11.7. The quantitative estimate of drug-likeness (QED) is 0.774. The summed E-state index contributed by atoms with van der Waals surface area (Å²) >= 11 is 0. The van der Waals surface area contributed by atoms with Crippen LogP contribution in [0.5, 0.6) is 0 Å². The van der Waals surface area contributed by atoms with Gasteiger partial charge in [0, 0.05) is 63.1 Å². The fourth-order valence-electron chi connectivity index (χ4n) is 5.10. The Bertz CT molecular complexity index is 932. The van der Waals surface area contributed by atoms with Gasteiger partial charge in [0.25, 0.3) is 0 Å². The predicted molar refractivity (Wildman–Crippen MR) is 129 cm³/mol. The van der Waals surface area contributed by atoms with Crippen LogP contribution in [0.25, 0.3) is 0 Å². The third-order valence-electron chi connectivity index (χ3n) is 7.20. The number of para-hydroxylation sites is 1. The standard InChI is InChI=1S/C26H35FN4O/c1-19-5-4-6-20-17-31(18-24-12-11-23(30(24)3)13-15-28-26(19)20)25(32)14-16-29(2)22-9-7-21(27)8-10-22/h4-10,23-24,28H,11-18H2,1-3H3. The molecule has 2 aromatic carbocycles. The fraction of sp³-hybridized carbons (Fsp3) is 0.500. The number of carbonyl (C=O) groups excluding carboxylic acids is 1. The maximum absolute atomic E-state index is 13.4. The van der Waals surface area contributed by atoms with Crippen LogP contribution in [0.3, 0.4) is 0 Å². The molecule has 2 aliphatic rings. The van der Waals surface area contributed by atoms with E-state index in [4.69, 9.17) is 0 Å². The van der Waals surface area contributed by atoms with Crippen LogP contribution < -0.4 is 10.2 Å². The second-order valence-corrected chi connectivity index (χ2v) is 9.30. The number of hydrogen-bond donors (Lipinski definition) is 1. The number of carbonyl (C=O) groups is 1. The molecule has 0 saturated carbocycles. The summed E-state index contributed by atoms with van der Waals surface area (Å²) in [5.74, 6) is -0.0779. The van der Waals surface area contributed by atoms with Crippen molar-refractivity contribution in [3.63, 3.8) is 0 Å². The Labute approximate surface area is 191 Å². The first kappa shape index (κ1) is 22.6. The van der Waals surface area contributed by atoms with E-state index in [0.29, 0.717) is 31.6 Å². The largest absolute Gasteiger partial charge is 0.384 e. The minimum Gasteiger partial charge on any atom is -0.384 e. The number of likely N-dealkylation sites (N-methyl/N-ethyl adjacent to an activating group) is 1. The molecule has 0 aromatic heterocycles.